The Kier molecular flexibility index (Phi) is 3.77. The molecule has 0 bridgehead atoms. The van der Waals surface area contributed by atoms with Gasteiger partial charge in [0.2, 0.25) is 0 Å². The molecule has 20 heavy (non-hydrogen) atoms. The van der Waals surface area contributed by atoms with Gasteiger partial charge in [0.25, 0.3) is 0 Å². The first-order chi connectivity index (χ1) is 9.21. The summed E-state index contributed by atoms with van der Waals surface area (Å²) in [6.45, 7) is -0.443. The summed E-state index contributed by atoms with van der Waals surface area (Å²) in [6.07, 6.45) is -4.77. The van der Waals surface area contributed by atoms with Crippen LogP contribution in [0.5, 0.6) is 0 Å². The van der Waals surface area contributed by atoms with E-state index in [9.17, 15) is 22.8 Å². The van der Waals surface area contributed by atoms with Gasteiger partial charge in [-0.2, -0.15) is 13.2 Å². The largest absolute Gasteiger partial charge is 0.478 e. The number of nitrogens with zero attached hydrogens (tertiary/aromatic N) is 1. The zero-order chi connectivity index (χ0) is 15.1. The minimum Gasteiger partial charge on any atom is -0.478 e. The fraction of sp³-hybridized carbons (Fsp3) is 0.333. The molecule has 0 aromatic heterocycles. The third-order valence-corrected chi connectivity index (χ3v) is 3.86. The first-order valence-corrected chi connectivity index (χ1v) is 6.40. The van der Waals surface area contributed by atoms with Crippen molar-refractivity contribution in [1.82, 2.24) is 4.90 Å². The van der Waals surface area contributed by atoms with E-state index in [4.69, 9.17) is 5.11 Å². The molecular formula is C12H9BrF3NO3. The van der Waals surface area contributed by atoms with Crippen LogP contribution < -0.4 is 0 Å². The highest BCUT2D eigenvalue weighted by Gasteiger charge is 2.43. The van der Waals surface area contributed by atoms with Gasteiger partial charge in [0.1, 0.15) is 0 Å². The third-order valence-electron chi connectivity index (χ3n) is 3.11. The number of carbonyl (C=O) groups is 2. The van der Waals surface area contributed by atoms with Gasteiger partial charge >= 0.3 is 18.1 Å². The zero-order valence-electron chi connectivity index (χ0n) is 10.00. The van der Waals surface area contributed by atoms with E-state index < -0.39 is 18.1 Å². The van der Waals surface area contributed by atoms with E-state index in [-0.39, 0.29) is 30.6 Å². The van der Waals surface area contributed by atoms with Crippen LogP contribution in [0.4, 0.5) is 13.2 Å². The monoisotopic (exact) mass is 351 g/mol. The second-order valence-corrected chi connectivity index (χ2v) is 5.19. The van der Waals surface area contributed by atoms with Crippen LogP contribution >= 0.6 is 15.9 Å². The van der Waals surface area contributed by atoms with E-state index in [1.807, 2.05) is 0 Å². The first-order valence-electron chi connectivity index (χ1n) is 5.61. The predicted molar refractivity (Wildman–Crippen MR) is 66.3 cm³/mol. The molecule has 0 aliphatic carbocycles. The molecule has 8 heteroatoms. The summed E-state index contributed by atoms with van der Waals surface area (Å²) in [4.78, 5) is 23.0. The molecule has 0 radical (unpaired) electrons. The van der Waals surface area contributed by atoms with E-state index in [2.05, 4.69) is 15.9 Å². The summed E-state index contributed by atoms with van der Waals surface area (Å²) in [6, 6.07) is 2.86. The summed E-state index contributed by atoms with van der Waals surface area (Å²) in [5, 5.41) is 9.08. The van der Waals surface area contributed by atoms with Crippen molar-refractivity contribution in [3.05, 3.63) is 33.3 Å². The maximum Gasteiger partial charge on any atom is 0.471 e. The zero-order valence-corrected chi connectivity index (χ0v) is 11.6. The van der Waals surface area contributed by atoms with Crippen LogP contribution in [0.15, 0.2) is 16.6 Å². The molecule has 1 amide bonds. The normalized spacial score (nSPS) is 14.9. The molecule has 1 aliphatic heterocycles. The average Bonchev–Trinajstić information content (AvgIpc) is 2.36. The van der Waals surface area contributed by atoms with Gasteiger partial charge in [0, 0.05) is 17.6 Å². The van der Waals surface area contributed by atoms with Gasteiger partial charge in [0.05, 0.1) is 5.56 Å². The van der Waals surface area contributed by atoms with E-state index in [0.29, 0.717) is 14.9 Å². The Morgan fingerprint density at radius 1 is 1.25 bits per heavy atom. The van der Waals surface area contributed by atoms with Crippen LogP contribution in [0.1, 0.15) is 21.5 Å². The molecule has 1 aromatic carbocycles. The lowest BCUT2D eigenvalue weighted by molar-refractivity contribution is -0.186. The number of carbonyl (C=O) groups excluding carboxylic acids is 1. The Balaban J connectivity index is 2.40. The molecule has 0 saturated heterocycles. The molecule has 1 aliphatic rings. The van der Waals surface area contributed by atoms with E-state index >= 15 is 0 Å². The minimum atomic E-state index is -4.95. The summed E-state index contributed by atoms with van der Waals surface area (Å²) >= 11 is 3.24. The van der Waals surface area contributed by atoms with Crippen molar-refractivity contribution < 1.29 is 27.9 Å². The molecule has 0 saturated carbocycles. The highest BCUT2D eigenvalue weighted by molar-refractivity contribution is 9.10. The Labute approximate surface area is 120 Å². The lowest BCUT2D eigenvalue weighted by atomic mass is 9.95. The van der Waals surface area contributed by atoms with Crippen molar-refractivity contribution in [3.63, 3.8) is 0 Å². The lowest BCUT2D eigenvalue weighted by Gasteiger charge is -2.30. The highest BCUT2D eigenvalue weighted by Crippen LogP contribution is 2.31. The van der Waals surface area contributed by atoms with Gasteiger partial charge in [-0.3, -0.25) is 4.79 Å². The first kappa shape index (κ1) is 14.8. The highest BCUT2D eigenvalue weighted by atomic mass is 79.9. The number of rotatable bonds is 1. The molecule has 0 atom stereocenters. The van der Waals surface area contributed by atoms with E-state index in [0.717, 1.165) is 0 Å². The minimum absolute atomic E-state index is 0.0807. The molecule has 1 aromatic rings. The number of fused-ring (bicyclic) bond motifs is 1. The van der Waals surface area contributed by atoms with Crippen LogP contribution in [0, 0.1) is 0 Å². The number of hydrogen-bond donors (Lipinski definition) is 1. The van der Waals surface area contributed by atoms with Gasteiger partial charge in [-0.1, -0.05) is 15.9 Å². The number of aromatic carboxylic acids is 1. The smallest absolute Gasteiger partial charge is 0.471 e. The van der Waals surface area contributed by atoms with Gasteiger partial charge < -0.3 is 10.0 Å². The standard InChI is InChI=1S/C12H9BrF3NO3/c13-9-2-1-7(10(18)19)8-5-17(4-3-6(8)9)11(20)12(14,15)16/h1-2H,3-5H2,(H,18,19). The van der Waals surface area contributed by atoms with Gasteiger partial charge in [0.15, 0.2) is 0 Å². The maximum atomic E-state index is 12.4. The number of halogens is 4. The Morgan fingerprint density at radius 2 is 1.90 bits per heavy atom. The van der Waals surface area contributed by atoms with E-state index in [1.165, 1.54) is 6.07 Å². The quantitative estimate of drug-likeness (QED) is 0.845. The fourth-order valence-corrected chi connectivity index (χ4v) is 2.75. The SMILES string of the molecule is O=C(O)c1ccc(Br)c2c1CN(C(=O)C(F)(F)F)CC2. The number of hydrogen-bond acceptors (Lipinski definition) is 2. The molecule has 1 heterocycles. The molecule has 1 N–H and O–H groups in total. The van der Waals surface area contributed by atoms with Gasteiger partial charge in [-0.25, -0.2) is 4.79 Å². The topological polar surface area (TPSA) is 57.6 Å². The number of carboxylic acid groups (broad SMARTS) is 1. The molecule has 4 nitrogen and oxygen atoms in total. The van der Waals surface area contributed by atoms with Gasteiger partial charge in [-0.05, 0) is 29.7 Å². The Hall–Kier alpha value is -1.57. The number of alkyl halides is 3. The summed E-state index contributed by atoms with van der Waals surface area (Å²) < 4.78 is 37.9. The van der Waals surface area contributed by atoms with Crippen molar-refractivity contribution in [3.8, 4) is 0 Å². The van der Waals surface area contributed by atoms with Crippen LogP contribution in [-0.2, 0) is 17.8 Å². The number of carboxylic acids is 1. The molecule has 108 valence electrons. The van der Waals surface area contributed by atoms with Crippen molar-refractivity contribution in [2.75, 3.05) is 6.54 Å². The molecule has 2 rings (SSSR count). The lowest BCUT2D eigenvalue weighted by Crippen LogP contribution is -2.44. The average molecular weight is 352 g/mol. The number of amides is 1. The van der Waals surface area contributed by atoms with Crippen molar-refractivity contribution >= 4 is 27.8 Å². The van der Waals surface area contributed by atoms with Crippen LogP contribution in [-0.4, -0.2) is 34.6 Å². The van der Waals surface area contributed by atoms with Crippen LogP contribution in [0.2, 0.25) is 0 Å². The third kappa shape index (κ3) is 2.65. The maximum absolute atomic E-state index is 12.4. The van der Waals surface area contributed by atoms with Crippen molar-refractivity contribution in [1.29, 1.82) is 0 Å². The molecule has 0 unspecified atom stereocenters. The summed E-state index contributed by atoms with van der Waals surface area (Å²) in [7, 11) is 0. The second kappa shape index (κ2) is 5.08. The van der Waals surface area contributed by atoms with Gasteiger partial charge in [-0.15, -0.1) is 0 Å². The van der Waals surface area contributed by atoms with E-state index in [1.54, 1.807) is 6.07 Å². The molecule has 0 fully saturated rings. The predicted octanol–water partition coefficient (Wildman–Crippen LogP) is 2.59. The van der Waals surface area contributed by atoms with Crippen molar-refractivity contribution in [2.45, 2.75) is 19.1 Å². The van der Waals surface area contributed by atoms with Crippen molar-refractivity contribution in [2.24, 2.45) is 0 Å². The second-order valence-electron chi connectivity index (χ2n) is 4.33. The molecule has 0 spiro atoms. The fourth-order valence-electron chi connectivity index (χ4n) is 2.18. The molecular weight excluding hydrogens is 343 g/mol. The summed E-state index contributed by atoms with van der Waals surface area (Å²) in [5.74, 6) is -3.17. The Morgan fingerprint density at radius 3 is 2.45 bits per heavy atom. The van der Waals surface area contributed by atoms with Crippen LogP contribution in [0.25, 0.3) is 0 Å². The van der Waals surface area contributed by atoms with Crippen LogP contribution in [0.3, 0.4) is 0 Å². The Bertz CT molecular complexity index is 586. The number of benzene rings is 1. The summed E-state index contributed by atoms with van der Waals surface area (Å²) in [5.41, 5.74) is 0.801.